The van der Waals surface area contributed by atoms with Crippen molar-refractivity contribution in [1.29, 1.82) is 0 Å². The fourth-order valence-corrected chi connectivity index (χ4v) is 3.24. The Morgan fingerprint density at radius 3 is 2.52 bits per heavy atom. The Kier molecular flexibility index (Phi) is 4.49. The van der Waals surface area contributed by atoms with Crippen LogP contribution in [-0.2, 0) is 22.3 Å². The first-order valence-corrected chi connectivity index (χ1v) is 8.11. The van der Waals surface area contributed by atoms with Crippen molar-refractivity contribution in [3.8, 4) is 11.4 Å². The molecule has 25 heavy (non-hydrogen) atoms. The predicted octanol–water partition coefficient (Wildman–Crippen LogP) is 2.95. The number of halogens is 3. The molecule has 0 spiro atoms. The third-order valence-corrected chi connectivity index (χ3v) is 4.16. The van der Waals surface area contributed by atoms with Crippen LogP contribution in [0.1, 0.15) is 25.1 Å². The van der Waals surface area contributed by atoms with E-state index in [-0.39, 0.29) is 30.5 Å². The second-order valence-electron chi connectivity index (χ2n) is 6.62. The molecule has 0 N–H and O–H groups in total. The van der Waals surface area contributed by atoms with Gasteiger partial charge in [0.1, 0.15) is 18.1 Å². The fraction of sp³-hybridized carbons (Fsp3) is 0.529. The van der Waals surface area contributed by atoms with E-state index in [4.69, 9.17) is 4.74 Å². The van der Waals surface area contributed by atoms with E-state index in [1.54, 1.807) is 24.1 Å². The molecule has 0 radical (unpaired) electrons. The average molecular weight is 355 g/mol. The maximum atomic E-state index is 12.9. The van der Waals surface area contributed by atoms with Gasteiger partial charge in [-0.05, 0) is 38.5 Å². The van der Waals surface area contributed by atoms with Crippen molar-refractivity contribution in [3.63, 3.8) is 0 Å². The van der Waals surface area contributed by atoms with Crippen LogP contribution in [0.3, 0.4) is 0 Å². The van der Waals surface area contributed by atoms with E-state index in [0.717, 1.165) is 11.6 Å². The minimum absolute atomic E-state index is 0.0497. The number of aromatic nitrogens is 2. The van der Waals surface area contributed by atoms with E-state index < -0.39 is 11.9 Å². The molecule has 3 heterocycles. The Labute approximate surface area is 143 Å². The van der Waals surface area contributed by atoms with Crippen molar-refractivity contribution in [1.82, 2.24) is 14.5 Å². The zero-order valence-electron chi connectivity index (χ0n) is 14.3. The topological polar surface area (TPSA) is 47.4 Å². The Hall–Kier alpha value is -2.09. The average Bonchev–Trinajstić information content (AvgIpc) is 2.90. The van der Waals surface area contributed by atoms with E-state index in [2.05, 4.69) is 4.98 Å². The molecule has 0 aromatic carbocycles. The summed E-state index contributed by atoms with van der Waals surface area (Å²) in [4.78, 5) is 18.0. The molecule has 1 fully saturated rings. The Morgan fingerprint density at radius 2 is 1.92 bits per heavy atom. The molecule has 0 saturated carbocycles. The smallest absolute Gasteiger partial charge is 0.372 e. The lowest BCUT2D eigenvalue weighted by Crippen LogP contribution is -2.49. The number of morpholine rings is 1. The maximum absolute atomic E-state index is 12.9. The number of amides is 1. The first-order chi connectivity index (χ1) is 11.6. The van der Waals surface area contributed by atoms with Crippen LogP contribution in [0.4, 0.5) is 13.2 Å². The molecule has 2 atom stereocenters. The summed E-state index contributed by atoms with van der Waals surface area (Å²) >= 11 is 0. The molecule has 0 aromatic rings. The minimum atomic E-state index is -4.51. The van der Waals surface area contributed by atoms with Gasteiger partial charge < -0.3 is 14.2 Å². The molecule has 3 aliphatic rings. The van der Waals surface area contributed by atoms with Crippen molar-refractivity contribution >= 4 is 5.91 Å². The number of fused-ring (bicyclic) bond motifs is 1. The highest BCUT2D eigenvalue weighted by Gasteiger charge is 2.35. The summed E-state index contributed by atoms with van der Waals surface area (Å²) < 4.78 is 45.9. The molecule has 8 heteroatoms. The second kappa shape index (κ2) is 6.33. The van der Waals surface area contributed by atoms with Crippen LogP contribution in [0.15, 0.2) is 18.3 Å². The van der Waals surface area contributed by atoms with Crippen LogP contribution in [-0.4, -0.2) is 45.7 Å². The van der Waals surface area contributed by atoms with Gasteiger partial charge in [0.25, 0.3) is 0 Å². The number of carbonyl (C=O) groups excluding carboxylic acids is 1. The molecule has 1 amide bonds. The molecule has 0 aromatic heterocycles. The van der Waals surface area contributed by atoms with Gasteiger partial charge in [0.05, 0.1) is 12.2 Å². The van der Waals surface area contributed by atoms with Crippen LogP contribution < -0.4 is 0 Å². The van der Waals surface area contributed by atoms with Crippen LogP contribution >= 0.6 is 0 Å². The highest BCUT2D eigenvalue weighted by molar-refractivity contribution is 5.77. The van der Waals surface area contributed by atoms with Gasteiger partial charge in [0.2, 0.25) is 5.91 Å². The Morgan fingerprint density at radius 1 is 1.28 bits per heavy atom. The molecule has 0 bridgehead atoms. The predicted molar refractivity (Wildman–Crippen MR) is 85.2 cm³/mol. The standard InChI is InChI=1S/C17H20F3N3O2/c1-10-4-13-5-14(17(18,19)20)21-16(13)23(6-10)9-15(24)22-7-11(2)25-12(3)8-22/h4-6,11-12H,7-9H2,1-3H3/t11-,12+. The molecule has 5 nitrogen and oxygen atoms in total. The normalized spacial score (nSPS) is 21.8. The van der Waals surface area contributed by atoms with Gasteiger partial charge >= 0.3 is 6.18 Å². The number of nitrogens with zero attached hydrogens (tertiary/aromatic N) is 3. The van der Waals surface area contributed by atoms with Crippen molar-refractivity contribution in [2.45, 2.75) is 45.7 Å². The van der Waals surface area contributed by atoms with Gasteiger partial charge in [-0.1, -0.05) is 0 Å². The lowest BCUT2D eigenvalue weighted by Gasteiger charge is -2.35. The van der Waals surface area contributed by atoms with E-state index in [1.807, 2.05) is 13.8 Å². The lowest BCUT2D eigenvalue weighted by molar-refractivity contribution is -0.143. The van der Waals surface area contributed by atoms with E-state index >= 15 is 0 Å². The van der Waals surface area contributed by atoms with Gasteiger partial charge in [-0.2, -0.15) is 13.2 Å². The van der Waals surface area contributed by atoms with Crippen molar-refractivity contribution < 1.29 is 22.7 Å². The zero-order chi connectivity index (χ0) is 18.4. The summed E-state index contributed by atoms with van der Waals surface area (Å²) in [6, 6.07) is 2.65. The second-order valence-corrected chi connectivity index (χ2v) is 6.62. The summed E-state index contributed by atoms with van der Waals surface area (Å²) in [6.07, 6.45) is -2.99. The fourth-order valence-electron chi connectivity index (χ4n) is 3.24. The van der Waals surface area contributed by atoms with Crippen molar-refractivity contribution in [3.05, 3.63) is 29.6 Å². The van der Waals surface area contributed by atoms with Crippen LogP contribution in [0.25, 0.3) is 11.4 Å². The first kappa shape index (κ1) is 17.7. The summed E-state index contributed by atoms with van der Waals surface area (Å²) in [5.74, 6) is 0.0103. The number of hydrogen-bond acceptors (Lipinski definition) is 3. The van der Waals surface area contributed by atoms with Crippen molar-refractivity contribution in [2.75, 3.05) is 13.1 Å². The largest absolute Gasteiger partial charge is 0.433 e. The number of alkyl halides is 3. The highest BCUT2D eigenvalue weighted by atomic mass is 19.4. The molecule has 136 valence electrons. The minimum Gasteiger partial charge on any atom is -0.372 e. The molecular weight excluding hydrogens is 335 g/mol. The lowest BCUT2D eigenvalue weighted by atomic mass is 10.2. The molecule has 0 unspecified atom stereocenters. The molecule has 3 rings (SSSR count). The first-order valence-electron chi connectivity index (χ1n) is 8.11. The van der Waals surface area contributed by atoms with E-state index in [0.29, 0.717) is 18.7 Å². The van der Waals surface area contributed by atoms with Gasteiger partial charge in [0.15, 0.2) is 0 Å². The number of aryl methyl sites for hydroxylation is 1. The quantitative estimate of drug-likeness (QED) is 0.832. The Bertz CT molecular complexity index is 746. The van der Waals surface area contributed by atoms with Crippen LogP contribution in [0.5, 0.6) is 0 Å². The van der Waals surface area contributed by atoms with E-state index in [9.17, 15) is 18.0 Å². The molecular formula is C17H20F3N3O2. The van der Waals surface area contributed by atoms with Gasteiger partial charge in [0, 0.05) is 24.8 Å². The van der Waals surface area contributed by atoms with Crippen molar-refractivity contribution in [2.24, 2.45) is 0 Å². The highest BCUT2D eigenvalue weighted by Crippen LogP contribution is 2.34. The van der Waals surface area contributed by atoms with E-state index in [1.165, 1.54) is 4.57 Å². The van der Waals surface area contributed by atoms with Crippen LogP contribution in [0, 0.1) is 6.92 Å². The zero-order valence-corrected chi connectivity index (χ0v) is 14.3. The number of rotatable bonds is 2. The Balaban J connectivity index is 1.88. The number of pyridine rings is 1. The summed E-state index contributed by atoms with van der Waals surface area (Å²) in [5.41, 5.74) is 0.205. The number of ether oxygens (including phenoxy) is 1. The SMILES string of the molecule is Cc1cc2cc(C(F)(F)F)nc-2n(CC(=O)N2C[C@@H](C)O[C@@H](C)C2)c1. The van der Waals surface area contributed by atoms with Crippen LogP contribution in [0.2, 0.25) is 0 Å². The molecule has 0 aliphatic carbocycles. The van der Waals surface area contributed by atoms with Gasteiger partial charge in [-0.15, -0.1) is 0 Å². The monoisotopic (exact) mass is 355 g/mol. The maximum Gasteiger partial charge on any atom is 0.433 e. The number of carbonyl (C=O) groups is 1. The number of hydrogen-bond donors (Lipinski definition) is 0. The summed E-state index contributed by atoms with van der Waals surface area (Å²) in [7, 11) is 0. The summed E-state index contributed by atoms with van der Waals surface area (Å²) in [6.45, 7) is 6.46. The third-order valence-electron chi connectivity index (χ3n) is 4.16. The summed E-state index contributed by atoms with van der Waals surface area (Å²) in [5, 5.41) is 0. The van der Waals surface area contributed by atoms with Gasteiger partial charge in [-0.25, -0.2) is 4.98 Å². The molecule has 3 aliphatic heterocycles. The van der Waals surface area contributed by atoms with Gasteiger partial charge in [-0.3, -0.25) is 4.79 Å². The molecule has 1 saturated heterocycles. The third kappa shape index (κ3) is 3.78.